The lowest BCUT2D eigenvalue weighted by Crippen LogP contribution is -2.33. The Kier molecular flexibility index (Phi) is 5.14. The van der Waals surface area contributed by atoms with Crippen molar-refractivity contribution in [2.45, 2.75) is 81.6 Å². The van der Waals surface area contributed by atoms with Crippen LogP contribution in [-0.2, 0) is 18.9 Å². The first-order valence-electron chi connectivity index (χ1n) is 9.43. The van der Waals surface area contributed by atoms with Gasteiger partial charge in [-0.2, -0.15) is 0 Å². The van der Waals surface area contributed by atoms with E-state index in [2.05, 4.69) is 0 Å². The Balaban J connectivity index is 1.31. The third-order valence-corrected chi connectivity index (χ3v) is 5.63. The highest BCUT2D eigenvalue weighted by Gasteiger charge is 2.46. The van der Waals surface area contributed by atoms with Crippen LogP contribution in [0.5, 0.6) is 0 Å². The molecule has 6 unspecified atom stereocenters. The minimum absolute atomic E-state index is 0.00222. The number of epoxide rings is 4. The Bertz CT molecular complexity index is 378. The Morgan fingerprint density at radius 3 is 1.62 bits per heavy atom. The van der Waals surface area contributed by atoms with Gasteiger partial charge in [-0.25, -0.2) is 0 Å². The highest BCUT2D eigenvalue weighted by Crippen LogP contribution is 2.47. The number of aliphatic hydroxyl groups is 2. The first-order valence-corrected chi connectivity index (χ1v) is 9.43. The summed E-state index contributed by atoms with van der Waals surface area (Å²) in [7, 11) is 0. The summed E-state index contributed by atoms with van der Waals surface area (Å²) in [6.07, 6.45) is 6.01. The quantitative estimate of drug-likeness (QED) is 0.486. The molecule has 0 aliphatic carbocycles. The first-order chi connectivity index (χ1) is 11.6. The van der Waals surface area contributed by atoms with Gasteiger partial charge in [-0.1, -0.05) is 0 Å². The zero-order valence-electron chi connectivity index (χ0n) is 14.3. The van der Waals surface area contributed by atoms with E-state index in [0.29, 0.717) is 43.7 Å². The third kappa shape index (κ3) is 5.64. The number of ether oxygens (including phenoxy) is 4. The number of aliphatic hydroxyl groups excluding tert-OH is 2. The molecule has 0 amide bonds. The molecule has 0 aromatic rings. The predicted molar refractivity (Wildman–Crippen MR) is 85.7 cm³/mol. The minimum atomic E-state index is -0.489. The molecule has 6 heteroatoms. The van der Waals surface area contributed by atoms with Crippen LogP contribution >= 0.6 is 0 Å². The average molecular weight is 342 g/mol. The average Bonchev–Trinajstić information content (AvgIpc) is 3.31. The minimum Gasteiger partial charge on any atom is -0.393 e. The summed E-state index contributed by atoms with van der Waals surface area (Å²) in [6.45, 7) is 3.32. The maximum absolute atomic E-state index is 10.6. The first kappa shape index (κ1) is 17.2. The number of rotatable bonds is 13. The van der Waals surface area contributed by atoms with Crippen molar-refractivity contribution >= 4 is 0 Å². The molecule has 4 heterocycles. The molecule has 6 atom stereocenters. The van der Waals surface area contributed by atoms with Crippen molar-refractivity contribution in [1.82, 2.24) is 0 Å². The van der Waals surface area contributed by atoms with Crippen LogP contribution in [0.15, 0.2) is 0 Å². The van der Waals surface area contributed by atoms with Crippen molar-refractivity contribution in [2.75, 3.05) is 26.4 Å². The van der Waals surface area contributed by atoms with Gasteiger partial charge in [0.15, 0.2) is 0 Å². The van der Waals surface area contributed by atoms with E-state index in [0.717, 1.165) is 52.1 Å². The van der Waals surface area contributed by atoms with Crippen molar-refractivity contribution in [2.24, 2.45) is 5.41 Å². The van der Waals surface area contributed by atoms with Crippen LogP contribution in [0.3, 0.4) is 0 Å². The predicted octanol–water partition coefficient (Wildman–Crippen LogP) is 1.02. The van der Waals surface area contributed by atoms with Crippen LogP contribution in [0.2, 0.25) is 0 Å². The van der Waals surface area contributed by atoms with Gasteiger partial charge >= 0.3 is 0 Å². The summed E-state index contributed by atoms with van der Waals surface area (Å²) in [5.74, 6) is 0. The standard InChI is InChI=1S/C18H30O6/c19-12(1-2-14-8-21-14)3-13(20)4-18(5-15-9-22-15,6-16-10-23-16)7-17-11-24-17/h12-17,19-20H,1-11H2. The summed E-state index contributed by atoms with van der Waals surface area (Å²) in [5.41, 5.74) is 0.00222. The molecule has 138 valence electrons. The summed E-state index contributed by atoms with van der Waals surface area (Å²) >= 11 is 0. The maximum atomic E-state index is 10.6. The largest absolute Gasteiger partial charge is 0.393 e. The van der Waals surface area contributed by atoms with Gasteiger partial charge in [-0.05, 0) is 50.4 Å². The molecule has 4 rings (SSSR count). The molecule has 4 fully saturated rings. The Morgan fingerprint density at radius 2 is 1.21 bits per heavy atom. The maximum Gasteiger partial charge on any atom is 0.0815 e. The van der Waals surface area contributed by atoms with Crippen LogP contribution in [0, 0.1) is 5.41 Å². The summed E-state index contributed by atoms with van der Waals surface area (Å²) in [4.78, 5) is 0. The van der Waals surface area contributed by atoms with E-state index < -0.39 is 12.2 Å². The highest BCUT2D eigenvalue weighted by molar-refractivity contribution is 4.96. The molecule has 0 aromatic carbocycles. The second-order valence-corrected chi connectivity index (χ2v) is 8.26. The monoisotopic (exact) mass is 342 g/mol. The molecular weight excluding hydrogens is 312 g/mol. The lowest BCUT2D eigenvalue weighted by Gasteiger charge is -2.35. The summed E-state index contributed by atoms with van der Waals surface area (Å²) < 4.78 is 21.6. The molecule has 4 saturated heterocycles. The molecule has 24 heavy (non-hydrogen) atoms. The topological polar surface area (TPSA) is 90.6 Å². The van der Waals surface area contributed by atoms with Crippen molar-refractivity contribution in [3.05, 3.63) is 0 Å². The van der Waals surface area contributed by atoms with Crippen LogP contribution in [0.1, 0.15) is 44.9 Å². The van der Waals surface area contributed by atoms with Crippen LogP contribution in [0.4, 0.5) is 0 Å². The molecule has 0 radical (unpaired) electrons. The van der Waals surface area contributed by atoms with Gasteiger partial charge in [-0.15, -0.1) is 0 Å². The lowest BCUT2D eigenvalue weighted by atomic mass is 9.70. The molecule has 4 aliphatic heterocycles. The highest BCUT2D eigenvalue weighted by atomic mass is 16.6. The van der Waals surface area contributed by atoms with Gasteiger partial charge in [0.05, 0.1) is 63.1 Å². The van der Waals surface area contributed by atoms with Crippen molar-refractivity contribution in [3.63, 3.8) is 0 Å². The Morgan fingerprint density at radius 1 is 0.750 bits per heavy atom. The molecule has 0 saturated carbocycles. The molecule has 6 nitrogen and oxygen atoms in total. The van der Waals surface area contributed by atoms with E-state index in [4.69, 9.17) is 18.9 Å². The molecule has 0 aromatic heterocycles. The zero-order valence-corrected chi connectivity index (χ0v) is 14.3. The van der Waals surface area contributed by atoms with E-state index in [1.165, 1.54) is 0 Å². The Hall–Kier alpha value is -0.240. The SMILES string of the molecule is OC(CCC1CO1)CC(O)CC(CC1CO1)(CC1CO1)CC1CO1. The smallest absolute Gasteiger partial charge is 0.0815 e. The van der Waals surface area contributed by atoms with Crippen LogP contribution < -0.4 is 0 Å². The van der Waals surface area contributed by atoms with Gasteiger partial charge in [0.1, 0.15) is 0 Å². The normalized spacial score (nSPS) is 38.2. The summed E-state index contributed by atoms with van der Waals surface area (Å²) in [5, 5.41) is 20.8. The fraction of sp³-hybridized carbons (Fsp3) is 1.00. The molecule has 0 bridgehead atoms. The second-order valence-electron chi connectivity index (χ2n) is 8.26. The lowest BCUT2D eigenvalue weighted by molar-refractivity contribution is 0.0226. The molecular formula is C18H30O6. The third-order valence-electron chi connectivity index (χ3n) is 5.63. The number of hydrogen-bond donors (Lipinski definition) is 2. The van der Waals surface area contributed by atoms with E-state index >= 15 is 0 Å². The summed E-state index contributed by atoms with van der Waals surface area (Å²) in [6, 6.07) is 0. The van der Waals surface area contributed by atoms with Gasteiger partial charge < -0.3 is 29.2 Å². The second kappa shape index (κ2) is 7.17. The van der Waals surface area contributed by atoms with E-state index in [1.807, 2.05) is 0 Å². The molecule has 0 spiro atoms. The Labute approximate surface area is 143 Å². The fourth-order valence-corrected chi connectivity index (χ4v) is 4.13. The fourth-order valence-electron chi connectivity index (χ4n) is 4.13. The van der Waals surface area contributed by atoms with Crippen molar-refractivity contribution < 1.29 is 29.2 Å². The molecule has 4 aliphatic rings. The van der Waals surface area contributed by atoms with Crippen LogP contribution in [-0.4, -0.2) is 73.3 Å². The molecule has 2 N–H and O–H groups in total. The van der Waals surface area contributed by atoms with Crippen molar-refractivity contribution in [3.8, 4) is 0 Å². The van der Waals surface area contributed by atoms with Gasteiger partial charge in [0.25, 0.3) is 0 Å². The van der Waals surface area contributed by atoms with E-state index in [-0.39, 0.29) is 5.41 Å². The van der Waals surface area contributed by atoms with Gasteiger partial charge in [0.2, 0.25) is 0 Å². The van der Waals surface area contributed by atoms with E-state index in [1.54, 1.807) is 0 Å². The number of hydrogen-bond acceptors (Lipinski definition) is 6. The van der Waals surface area contributed by atoms with E-state index in [9.17, 15) is 10.2 Å². The van der Waals surface area contributed by atoms with Crippen molar-refractivity contribution in [1.29, 1.82) is 0 Å². The van der Waals surface area contributed by atoms with Gasteiger partial charge in [0, 0.05) is 0 Å². The van der Waals surface area contributed by atoms with Crippen LogP contribution in [0.25, 0.3) is 0 Å². The van der Waals surface area contributed by atoms with Gasteiger partial charge in [-0.3, -0.25) is 0 Å². The zero-order chi connectivity index (χ0) is 16.6.